The zero-order chi connectivity index (χ0) is 15.4. The van der Waals surface area contributed by atoms with Gasteiger partial charge in [-0.1, -0.05) is 28.1 Å². The SMILES string of the molecule is O/C(=C1/C=CC=N1)c1ccc(OCc2ccc(Br)cc2)cc1.[CH3-].[Ir]. The fourth-order valence-electron chi connectivity index (χ4n) is 2.04. The molecule has 0 unspecified atom stereocenters. The molecule has 1 heterocycles. The van der Waals surface area contributed by atoms with Crippen LogP contribution in [0.2, 0.25) is 0 Å². The van der Waals surface area contributed by atoms with Crippen molar-refractivity contribution in [2.24, 2.45) is 4.99 Å². The Morgan fingerprint density at radius 2 is 1.71 bits per heavy atom. The van der Waals surface area contributed by atoms with Crippen molar-refractivity contribution in [3.63, 3.8) is 0 Å². The minimum absolute atomic E-state index is 0. The van der Waals surface area contributed by atoms with E-state index in [1.165, 1.54) is 0 Å². The Labute approximate surface area is 164 Å². The zero-order valence-electron chi connectivity index (χ0n) is 13.1. The molecule has 0 fully saturated rings. The van der Waals surface area contributed by atoms with Crippen molar-refractivity contribution in [3.8, 4) is 5.75 Å². The Hall–Kier alpha value is -1.68. The number of hydrogen-bond acceptors (Lipinski definition) is 3. The van der Waals surface area contributed by atoms with E-state index in [1.807, 2.05) is 48.5 Å². The van der Waals surface area contributed by atoms with Gasteiger partial charge < -0.3 is 17.3 Å². The summed E-state index contributed by atoms with van der Waals surface area (Å²) in [6.45, 7) is 0.507. The van der Waals surface area contributed by atoms with Crippen LogP contribution in [-0.2, 0) is 26.7 Å². The summed E-state index contributed by atoms with van der Waals surface area (Å²) >= 11 is 3.41. The smallest absolute Gasteiger partial charge is 0.148 e. The number of benzene rings is 2. The average molecular weight is 563 g/mol. The molecule has 0 saturated carbocycles. The molecule has 3 nitrogen and oxygen atoms in total. The second kappa shape index (κ2) is 9.58. The van der Waals surface area contributed by atoms with Crippen molar-refractivity contribution in [2.75, 3.05) is 0 Å². The molecule has 127 valence electrons. The van der Waals surface area contributed by atoms with Crippen molar-refractivity contribution in [3.05, 3.63) is 89.4 Å². The molecule has 3 rings (SSSR count). The Kier molecular flexibility index (Phi) is 8.12. The summed E-state index contributed by atoms with van der Waals surface area (Å²) in [7, 11) is 0. The quantitative estimate of drug-likeness (QED) is 0.403. The molecular weight excluding hydrogens is 546 g/mol. The van der Waals surface area contributed by atoms with Crippen LogP contribution in [-0.4, -0.2) is 11.3 Å². The van der Waals surface area contributed by atoms with E-state index < -0.39 is 0 Å². The largest absolute Gasteiger partial charge is 0.505 e. The van der Waals surface area contributed by atoms with Gasteiger partial charge in [0.05, 0.1) is 0 Å². The first-order chi connectivity index (χ1) is 10.7. The number of halogens is 1. The maximum absolute atomic E-state index is 10.1. The Bertz CT molecular complexity index is 736. The van der Waals surface area contributed by atoms with Gasteiger partial charge in [-0.15, -0.1) is 0 Å². The third-order valence-electron chi connectivity index (χ3n) is 3.24. The number of ether oxygens (including phenoxy) is 1. The van der Waals surface area contributed by atoms with E-state index in [1.54, 1.807) is 18.4 Å². The number of hydrogen-bond donors (Lipinski definition) is 1. The van der Waals surface area contributed by atoms with Crippen LogP contribution < -0.4 is 4.74 Å². The molecule has 1 aliphatic heterocycles. The van der Waals surface area contributed by atoms with Crippen LogP contribution in [0.15, 0.2) is 75.8 Å². The Morgan fingerprint density at radius 3 is 2.29 bits per heavy atom. The van der Waals surface area contributed by atoms with Crippen molar-refractivity contribution >= 4 is 27.9 Å². The van der Waals surface area contributed by atoms with Gasteiger partial charge in [0.25, 0.3) is 0 Å². The van der Waals surface area contributed by atoms with Crippen molar-refractivity contribution in [1.29, 1.82) is 0 Å². The summed E-state index contributed by atoms with van der Waals surface area (Å²) in [4.78, 5) is 4.08. The van der Waals surface area contributed by atoms with Gasteiger partial charge in [0.2, 0.25) is 0 Å². The van der Waals surface area contributed by atoms with Gasteiger partial charge in [-0.2, -0.15) is 0 Å². The average Bonchev–Trinajstić information content (AvgIpc) is 3.09. The third kappa shape index (κ3) is 5.16. The maximum Gasteiger partial charge on any atom is 0.148 e. The van der Waals surface area contributed by atoms with Crippen LogP contribution in [0.4, 0.5) is 0 Å². The summed E-state index contributed by atoms with van der Waals surface area (Å²) in [6, 6.07) is 15.3. The summed E-state index contributed by atoms with van der Waals surface area (Å²) in [6.07, 6.45) is 5.22. The van der Waals surface area contributed by atoms with E-state index >= 15 is 0 Å². The first kappa shape index (κ1) is 20.4. The molecule has 1 aliphatic rings. The van der Waals surface area contributed by atoms with Crippen LogP contribution in [0.3, 0.4) is 0 Å². The number of allylic oxidation sites excluding steroid dienone is 2. The van der Waals surface area contributed by atoms with E-state index in [2.05, 4.69) is 20.9 Å². The molecule has 5 heteroatoms. The van der Waals surface area contributed by atoms with Crippen molar-refractivity contribution < 1.29 is 29.9 Å². The van der Waals surface area contributed by atoms with E-state index in [4.69, 9.17) is 4.74 Å². The molecule has 2 aromatic carbocycles. The van der Waals surface area contributed by atoms with Crippen molar-refractivity contribution in [1.82, 2.24) is 0 Å². The minimum atomic E-state index is 0. The first-order valence-corrected chi connectivity index (χ1v) is 7.63. The molecule has 0 bridgehead atoms. The van der Waals surface area contributed by atoms with Crippen LogP contribution in [0.1, 0.15) is 11.1 Å². The fourth-order valence-corrected chi connectivity index (χ4v) is 2.31. The van der Waals surface area contributed by atoms with E-state index in [-0.39, 0.29) is 33.3 Å². The zero-order valence-corrected chi connectivity index (χ0v) is 17.1. The minimum Gasteiger partial charge on any atom is -0.505 e. The van der Waals surface area contributed by atoms with Gasteiger partial charge in [-0.3, -0.25) is 4.99 Å². The summed E-state index contributed by atoms with van der Waals surface area (Å²) in [5, 5.41) is 10.1. The normalized spacial score (nSPS) is 13.9. The molecule has 1 N–H and O–H groups in total. The van der Waals surface area contributed by atoms with Gasteiger partial charge in [-0.25, -0.2) is 0 Å². The fraction of sp³-hybridized carbons (Fsp3) is 0.0526. The number of aliphatic hydroxyl groups excluding tert-OH is 1. The van der Waals surface area contributed by atoms with E-state index in [0.717, 1.165) is 21.3 Å². The molecular formula is C19H17BrIrNO2-. The van der Waals surface area contributed by atoms with Gasteiger partial charge in [0, 0.05) is 36.4 Å². The summed E-state index contributed by atoms with van der Waals surface area (Å²) in [5.74, 6) is 0.930. The molecule has 0 aromatic heterocycles. The molecule has 0 saturated heterocycles. The van der Waals surface area contributed by atoms with E-state index in [9.17, 15) is 5.11 Å². The number of aliphatic hydroxyl groups is 1. The number of aliphatic imine (C=N–C) groups is 1. The summed E-state index contributed by atoms with van der Waals surface area (Å²) in [5.41, 5.74) is 2.39. The van der Waals surface area contributed by atoms with Crippen LogP contribution in [0.5, 0.6) is 5.75 Å². The van der Waals surface area contributed by atoms with Gasteiger partial charge in [-0.05, 0) is 54.1 Å². The van der Waals surface area contributed by atoms with Crippen LogP contribution >= 0.6 is 15.9 Å². The molecule has 1 radical (unpaired) electrons. The Morgan fingerprint density at radius 1 is 1.04 bits per heavy atom. The Balaban J connectivity index is 0.00000144. The predicted octanol–water partition coefficient (Wildman–Crippen LogP) is 5.34. The van der Waals surface area contributed by atoms with Crippen LogP contribution in [0, 0.1) is 7.43 Å². The second-order valence-corrected chi connectivity index (χ2v) is 5.73. The number of nitrogens with zero attached hydrogens (tertiary/aromatic N) is 1. The second-order valence-electron chi connectivity index (χ2n) is 4.81. The predicted molar refractivity (Wildman–Crippen MR) is 98.5 cm³/mol. The molecule has 0 aliphatic carbocycles. The first-order valence-electron chi connectivity index (χ1n) is 6.84. The molecule has 24 heavy (non-hydrogen) atoms. The molecule has 0 amide bonds. The van der Waals surface area contributed by atoms with Gasteiger partial charge in [0.15, 0.2) is 0 Å². The van der Waals surface area contributed by atoms with E-state index in [0.29, 0.717) is 12.3 Å². The monoisotopic (exact) mass is 563 g/mol. The van der Waals surface area contributed by atoms with Gasteiger partial charge >= 0.3 is 0 Å². The van der Waals surface area contributed by atoms with Gasteiger partial charge in [0.1, 0.15) is 23.8 Å². The van der Waals surface area contributed by atoms with Crippen LogP contribution in [0.25, 0.3) is 5.76 Å². The molecule has 0 atom stereocenters. The molecule has 2 aromatic rings. The standard InChI is InChI=1S/C18H14BrNO2.CH3.Ir/c19-15-7-3-13(4-8-15)12-22-16-9-5-14(6-10-16)18(21)17-2-1-11-20-17;;/h1-11,21H,12H2;1H3;/q;-1;/b18-17-;;. The maximum atomic E-state index is 10.1. The summed E-state index contributed by atoms with van der Waals surface area (Å²) < 4.78 is 6.78. The third-order valence-corrected chi connectivity index (χ3v) is 3.77. The van der Waals surface area contributed by atoms with Crippen molar-refractivity contribution in [2.45, 2.75) is 6.61 Å². The topological polar surface area (TPSA) is 41.8 Å². The molecule has 0 spiro atoms. The number of rotatable bonds is 4.